The van der Waals surface area contributed by atoms with E-state index in [1.54, 1.807) is 23.1 Å². The van der Waals surface area contributed by atoms with Crippen LogP contribution < -0.4 is 0 Å². The van der Waals surface area contributed by atoms with Gasteiger partial charge >= 0.3 is 5.97 Å². The lowest BCUT2D eigenvalue weighted by Gasteiger charge is -2.31. The molecule has 0 unspecified atom stereocenters. The Morgan fingerprint density at radius 3 is 2.63 bits per heavy atom. The van der Waals surface area contributed by atoms with E-state index in [0.29, 0.717) is 5.92 Å². The fourth-order valence-corrected chi connectivity index (χ4v) is 2.43. The number of carbonyl (C=O) groups is 2. The maximum atomic E-state index is 12.0. The maximum absolute atomic E-state index is 12.0. The molecule has 6 heteroatoms. The third kappa shape index (κ3) is 4.08. The number of likely N-dealkylation sites (tertiary alicyclic amines) is 1. The van der Waals surface area contributed by atoms with E-state index in [1.165, 1.54) is 0 Å². The number of piperidine rings is 1. The van der Waals surface area contributed by atoms with Crippen LogP contribution in [0.2, 0.25) is 0 Å². The second-order valence-corrected chi connectivity index (χ2v) is 4.96. The number of aliphatic carboxylic acids is 1. The molecule has 2 rings (SSSR count). The highest BCUT2D eigenvalue weighted by molar-refractivity contribution is 5.76. The number of nitrogens with zero attached hydrogens (tertiary/aromatic N) is 3. The van der Waals surface area contributed by atoms with E-state index in [2.05, 4.69) is 5.10 Å². The predicted molar refractivity (Wildman–Crippen MR) is 68.4 cm³/mol. The lowest BCUT2D eigenvalue weighted by molar-refractivity contribution is -0.138. The number of hydrogen-bond donors (Lipinski definition) is 1. The zero-order chi connectivity index (χ0) is 13.7. The van der Waals surface area contributed by atoms with Gasteiger partial charge in [0.25, 0.3) is 0 Å². The summed E-state index contributed by atoms with van der Waals surface area (Å²) in [5.74, 6) is -0.220. The molecule has 1 aromatic rings. The minimum atomic E-state index is -0.739. The second kappa shape index (κ2) is 6.36. The van der Waals surface area contributed by atoms with Crippen molar-refractivity contribution in [3.63, 3.8) is 0 Å². The summed E-state index contributed by atoms with van der Waals surface area (Å²) < 4.78 is 1.62. The van der Waals surface area contributed by atoms with Crippen LogP contribution in [0.5, 0.6) is 0 Å². The van der Waals surface area contributed by atoms with Crippen molar-refractivity contribution in [3.8, 4) is 0 Å². The van der Waals surface area contributed by atoms with E-state index in [0.717, 1.165) is 32.4 Å². The monoisotopic (exact) mass is 265 g/mol. The first-order chi connectivity index (χ1) is 9.15. The molecule has 0 spiro atoms. The average Bonchev–Trinajstić information content (AvgIpc) is 2.89. The molecule has 19 heavy (non-hydrogen) atoms. The Bertz CT molecular complexity index is 422. The molecule has 0 radical (unpaired) electrons. The van der Waals surface area contributed by atoms with Gasteiger partial charge in [0.05, 0.1) is 0 Å². The van der Waals surface area contributed by atoms with Crippen LogP contribution in [0.4, 0.5) is 0 Å². The summed E-state index contributed by atoms with van der Waals surface area (Å²) in [6.45, 7) is 1.74. The second-order valence-electron chi connectivity index (χ2n) is 4.96. The van der Waals surface area contributed by atoms with Crippen molar-refractivity contribution in [3.05, 3.63) is 18.5 Å². The largest absolute Gasteiger partial charge is 0.481 e. The molecule has 1 amide bonds. The summed E-state index contributed by atoms with van der Waals surface area (Å²) in [6, 6.07) is 1.80. The molecule has 1 fully saturated rings. The Kier molecular flexibility index (Phi) is 4.54. The van der Waals surface area contributed by atoms with Crippen LogP contribution in [0.15, 0.2) is 18.5 Å². The fourth-order valence-electron chi connectivity index (χ4n) is 2.43. The highest BCUT2D eigenvalue weighted by Crippen LogP contribution is 2.22. The Labute approximate surface area is 112 Å². The molecule has 1 aromatic heterocycles. The van der Waals surface area contributed by atoms with Crippen LogP contribution in [0.3, 0.4) is 0 Å². The third-order valence-corrected chi connectivity index (χ3v) is 3.59. The van der Waals surface area contributed by atoms with Gasteiger partial charge in [0, 0.05) is 31.9 Å². The van der Waals surface area contributed by atoms with E-state index >= 15 is 0 Å². The number of carboxylic acid groups (broad SMARTS) is 1. The van der Waals surface area contributed by atoms with Gasteiger partial charge < -0.3 is 10.0 Å². The van der Waals surface area contributed by atoms with Crippen LogP contribution >= 0.6 is 0 Å². The van der Waals surface area contributed by atoms with Gasteiger partial charge in [-0.05, 0) is 31.2 Å². The van der Waals surface area contributed by atoms with Crippen LogP contribution in [-0.4, -0.2) is 44.8 Å². The molecule has 0 bridgehead atoms. The van der Waals surface area contributed by atoms with Gasteiger partial charge in [-0.2, -0.15) is 5.10 Å². The molecule has 0 aromatic carbocycles. The molecule has 1 saturated heterocycles. The zero-order valence-corrected chi connectivity index (χ0v) is 10.9. The summed E-state index contributed by atoms with van der Waals surface area (Å²) in [6.07, 6.45) is 6.18. The summed E-state index contributed by atoms with van der Waals surface area (Å²) in [5, 5.41) is 12.7. The number of amides is 1. The van der Waals surface area contributed by atoms with Gasteiger partial charge in [-0.25, -0.2) is 0 Å². The number of rotatable bonds is 5. The van der Waals surface area contributed by atoms with Crippen LogP contribution in [-0.2, 0) is 16.1 Å². The summed E-state index contributed by atoms with van der Waals surface area (Å²) in [5.41, 5.74) is 0. The third-order valence-electron chi connectivity index (χ3n) is 3.59. The van der Waals surface area contributed by atoms with E-state index in [1.807, 2.05) is 4.90 Å². The molecule has 0 atom stereocenters. The summed E-state index contributed by atoms with van der Waals surface area (Å²) in [7, 11) is 0. The smallest absolute Gasteiger partial charge is 0.303 e. The zero-order valence-electron chi connectivity index (χ0n) is 10.9. The van der Waals surface area contributed by atoms with Crippen molar-refractivity contribution in [1.82, 2.24) is 14.7 Å². The molecule has 0 aliphatic carbocycles. The minimum absolute atomic E-state index is 0.0837. The average molecular weight is 265 g/mol. The molecule has 1 N–H and O–H groups in total. The number of carbonyl (C=O) groups excluding carboxylic acids is 1. The first-order valence-electron chi connectivity index (χ1n) is 6.62. The predicted octanol–water partition coefficient (Wildman–Crippen LogP) is 0.986. The molecule has 2 heterocycles. The van der Waals surface area contributed by atoms with E-state index in [4.69, 9.17) is 5.11 Å². The SMILES string of the molecule is O=C(O)CCC1CCN(C(=O)Cn2cccn2)CC1. The maximum Gasteiger partial charge on any atom is 0.303 e. The number of carboxylic acids is 1. The number of aromatic nitrogens is 2. The van der Waals surface area contributed by atoms with Gasteiger partial charge in [-0.3, -0.25) is 14.3 Å². The molecule has 6 nitrogen and oxygen atoms in total. The lowest BCUT2D eigenvalue weighted by Crippen LogP contribution is -2.40. The highest BCUT2D eigenvalue weighted by Gasteiger charge is 2.23. The minimum Gasteiger partial charge on any atom is -0.481 e. The van der Waals surface area contributed by atoms with Gasteiger partial charge in [0.15, 0.2) is 0 Å². The van der Waals surface area contributed by atoms with Crippen molar-refractivity contribution in [2.45, 2.75) is 32.2 Å². The molecular formula is C13H19N3O3. The Hall–Kier alpha value is -1.85. The van der Waals surface area contributed by atoms with Crippen molar-refractivity contribution < 1.29 is 14.7 Å². The van der Waals surface area contributed by atoms with Crippen molar-refractivity contribution >= 4 is 11.9 Å². The standard InChI is InChI=1S/C13H19N3O3/c17-12(10-16-7-1-6-14-16)15-8-4-11(5-9-15)2-3-13(18)19/h1,6-7,11H,2-5,8-10H2,(H,18,19). The fraction of sp³-hybridized carbons (Fsp3) is 0.615. The van der Waals surface area contributed by atoms with Crippen molar-refractivity contribution in [1.29, 1.82) is 0 Å². The quantitative estimate of drug-likeness (QED) is 0.861. The van der Waals surface area contributed by atoms with Gasteiger partial charge in [0.1, 0.15) is 6.54 Å². The summed E-state index contributed by atoms with van der Waals surface area (Å²) >= 11 is 0. The highest BCUT2D eigenvalue weighted by atomic mass is 16.4. The summed E-state index contributed by atoms with van der Waals surface area (Å²) in [4.78, 5) is 24.4. The van der Waals surface area contributed by atoms with Crippen LogP contribution in [0, 0.1) is 5.92 Å². The Morgan fingerprint density at radius 1 is 1.32 bits per heavy atom. The molecular weight excluding hydrogens is 246 g/mol. The Morgan fingerprint density at radius 2 is 2.05 bits per heavy atom. The van der Waals surface area contributed by atoms with Crippen LogP contribution in [0.1, 0.15) is 25.7 Å². The van der Waals surface area contributed by atoms with Gasteiger partial charge in [0.2, 0.25) is 5.91 Å². The normalized spacial score (nSPS) is 16.5. The first kappa shape index (κ1) is 13.6. The topological polar surface area (TPSA) is 75.4 Å². The van der Waals surface area contributed by atoms with E-state index in [-0.39, 0.29) is 18.9 Å². The molecule has 104 valence electrons. The van der Waals surface area contributed by atoms with Crippen molar-refractivity contribution in [2.75, 3.05) is 13.1 Å². The lowest BCUT2D eigenvalue weighted by atomic mass is 9.92. The molecule has 1 aliphatic heterocycles. The van der Waals surface area contributed by atoms with E-state index in [9.17, 15) is 9.59 Å². The molecule has 0 saturated carbocycles. The van der Waals surface area contributed by atoms with E-state index < -0.39 is 5.97 Å². The molecule has 1 aliphatic rings. The van der Waals surface area contributed by atoms with Crippen molar-refractivity contribution in [2.24, 2.45) is 5.92 Å². The van der Waals surface area contributed by atoms with Crippen LogP contribution in [0.25, 0.3) is 0 Å². The van der Waals surface area contributed by atoms with Gasteiger partial charge in [-0.1, -0.05) is 0 Å². The Balaban J connectivity index is 1.73. The van der Waals surface area contributed by atoms with Gasteiger partial charge in [-0.15, -0.1) is 0 Å². The first-order valence-corrected chi connectivity index (χ1v) is 6.62. The number of hydrogen-bond acceptors (Lipinski definition) is 3.